The Morgan fingerprint density at radius 1 is 1.38 bits per heavy atom. The largest absolute Gasteiger partial charge is 0.394 e. The number of hydrogen-bond donors (Lipinski definition) is 1. The first-order valence-corrected chi connectivity index (χ1v) is 8.09. The van der Waals surface area contributed by atoms with E-state index >= 15 is 0 Å². The molecule has 1 fully saturated rings. The van der Waals surface area contributed by atoms with E-state index in [2.05, 4.69) is 30.1 Å². The number of aliphatic hydroxyl groups excluding tert-OH is 1. The van der Waals surface area contributed by atoms with Crippen LogP contribution in [0.1, 0.15) is 30.5 Å². The first-order chi connectivity index (χ1) is 11.8. The Morgan fingerprint density at radius 2 is 2.29 bits per heavy atom. The Hall–Kier alpha value is -2.55. The second-order valence-electron chi connectivity index (χ2n) is 5.99. The number of aliphatic hydroxyl groups is 1. The lowest BCUT2D eigenvalue weighted by atomic mass is 9.98. The molecule has 1 aliphatic heterocycles. The fourth-order valence-electron chi connectivity index (χ4n) is 3.24. The fourth-order valence-corrected chi connectivity index (χ4v) is 3.24. The first-order valence-electron chi connectivity index (χ1n) is 8.09. The van der Waals surface area contributed by atoms with Crippen molar-refractivity contribution in [3.8, 4) is 0 Å². The van der Waals surface area contributed by atoms with Crippen LogP contribution in [0.4, 0.5) is 5.82 Å². The molecule has 1 N–H and O–H groups in total. The van der Waals surface area contributed by atoms with E-state index in [-0.39, 0.29) is 12.5 Å². The zero-order valence-electron chi connectivity index (χ0n) is 13.5. The molecule has 3 aromatic heterocycles. The summed E-state index contributed by atoms with van der Waals surface area (Å²) in [6.45, 7) is 3.97. The van der Waals surface area contributed by atoms with Crippen molar-refractivity contribution in [2.24, 2.45) is 0 Å². The minimum atomic E-state index is 0.0262. The number of piperidine rings is 1. The summed E-state index contributed by atoms with van der Waals surface area (Å²) in [6, 6.07) is 0. The minimum absolute atomic E-state index is 0.0262. The third-order valence-electron chi connectivity index (χ3n) is 4.34. The predicted molar refractivity (Wildman–Crippen MR) is 85.6 cm³/mol. The van der Waals surface area contributed by atoms with Gasteiger partial charge in [0.25, 0.3) is 0 Å². The summed E-state index contributed by atoms with van der Waals surface area (Å²) in [6.07, 6.45) is 5.37. The van der Waals surface area contributed by atoms with Crippen molar-refractivity contribution in [2.75, 3.05) is 24.6 Å². The van der Waals surface area contributed by atoms with E-state index in [9.17, 15) is 0 Å². The predicted octanol–water partition coefficient (Wildman–Crippen LogP) is 0.894. The SMILES string of the molecule is Cc1noc([C@@H]2CCCN(c3ncnc4c3cnn4CCO)C2)n1. The van der Waals surface area contributed by atoms with Crippen LogP contribution in [0.3, 0.4) is 0 Å². The van der Waals surface area contributed by atoms with Gasteiger partial charge >= 0.3 is 0 Å². The second kappa shape index (κ2) is 6.16. The third kappa shape index (κ3) is 2.60. The first kappa shape index (κ1) is 15.0. The standard InChI is InChI=1S/C15H19N7O2/c1-10-19-15(24-20-10)11-3-2-4-21(8-11)13-12-7-18-22(5-6-23)14(12)17-9-16-13/h7,9,11,23H,2-6,8H2,1H3/t11-/m1/s1. The number of hydrogen-bond acceptors (Lipinski definition) is 8. The molecule has 1 atom stereocenters. The van der Waals surface area contributed by atoms with Crippen LogP contribution in [-0.2, 0) is 6.54 Å². The van der Waals surface area contributed by atoms with Crippen molar-refractivity contribution in [1.29, 1.82) is 0 Å². The van der Waals surface area contributed by atoms with Crippen molar-refractivity contribution < 1.29 is 9.63 Å². The van der Waals surface area contributed by atoms with Crippen molar-refractivity contribution in [2.45, 2.75) is 32.2 Å². The summed E-state index contributed by atoms with van der Waals surface area (Å²) in [4.78, 5) is 15.4. The molecule has 0 aromatic carbocycles. The molecular formula is C15H19N7O2. The number of fused-ring (bicyclic) bond motifs is 1. The maximum absolute atomic E-state index is 9.14. The lowest BCUT2D eigenvalue weighted by molar-refractivity contribution is 0.271. The molecule has 1 saturated heterocycles. The van der Waals surface area contributed by atoms with Crippen LogP contribution in [0.5, 0.6) is 0 Å². The van der Waals surface area contributed by atoms with Crippen LogP contribution >= 0.6 is 0 Å². The highest BCUT2D eigenvalue weighted by atomic mass is 16.5. The van der Waals surface area contributed by atoms with Crippen LogP contribution in [0, 0.1) is 6.92 Å². The molecule has 0 radical (unpaired) electrons. The summed E-state index contributed by atoms with van der Waals surface area (Å²) >= 11 is 0. The highest BCUT2D eigenvalue weighted by Crippen LogP contribution is 2.31. The summed E-state index contributed by atoms with van der Waals surface area (Å²) in [7, 11) is 0. The molecule has 4 heterocycles. The zero-order chi connectivity index (χ0) is 16.5. The van der Waals surface area contributed by atoms with Gasteiger partial charge in [0.15, 0.2) is 11.5 Å². The summed E-state index contributed by atoms with van der Waals surface area (Å²) < 4.78 is 7.04. The summed E-state index contributed by atoms with van der Waals surface area (Å²) in [5.74, 6) is 2.43. The molecule has 9 heteroatoms. The average Bonchev–Trinajstić information content (AvgIpc) is 3.22. The lowest BCUT2D eigenvalue weighted by Gasteiger charge is -2.32. The number of rotatable bonds is 4. The maximum atomic E-state index is 9.14. The molecule has 126 valence electrons. The Labute approximate surface area is 138 Å². The van der Waals surface area contributed by atoms with Gasteiger partial charge in [0.1, 0.15) is 12.1 Å². The van der Waals surface area contributed by atoms with E-state index in [1.165, 1.54) is 0 Å². The number of aryl methyl sites for hydroxylation is 1. The summed E-state index contributed by atoms with van der Waals surface area (Å²) in [5.41, 5.74) is 0.741. The molecule has 0 bridgehead atoms. The monoisotopic (exact) mass is 329 g/mol. The van der Waals surface area contributed by atoms with Gasteiger partial charge in [-0.2, -0.15) is 10.1 Å². The molecule has 0 unspecified atom stereocenters. The Kier molecular flexibility index (Phi) is 3.85. The minimum Gasteiger partial charge on any atom is -0.394 e. The van der Waals surface area contributed by atoms with E-state index in [4.69, 9.17) is 9.63 Å². The molecule has 0 saturated carbocycles. The highest BCUT2D eigenvalue weighted by molar-refractivity contribution is 5.86. The molecule has 4 rings (SSSR count). The molecular weight excluding hydrogens is 310 g/mol. The van der Waals surface area contributed by atoms with Gasteiger partial charge in [0.05, 0.1) is 30.7 Å². The van der Waals surface area contributed by atoms with Crippen LogP contribution in [0.2, 0.25) is 0 Å². The van der Waals surface area contributed by atoms with Gasteiger partial charge in [-0.05, 0) is 19.8 Å². The number of anilines is 1. The fraction of sp³-hybridized carbons (Fsp3) is 0.533. The van der Waals surface area contributed by atoms with Gasteiger partial charge in [-0.25, -0.2) is 14.6 Å². The Bertz CT molecular complexity index is 843. The molecule has 0 aliphatic carbocycles. The van der Waals surface area contributed by atoms with Gasteiger partial charge in [0.2, 0.25) is 5.89 Å². The molecule has 0 amide bonds. The topological polar surface area (TPSA) is 106 Å². The van der Waals surface area contributed by atoms with Crippen molar-refractivity contribution in [3.63, 3.8) is 0 Å². The molecule has 24 heavy (non-hydrogen) atoms. The van der Waals surface area contributed by atoms with E-state index in [1.54, 1.807) is 17.2 Å². The van der Waals surface area contributed by atoms with Crippen LogP contribution in [-0.4, -0.2) is 54.7 Å². The molecule has 3 aromatic rings. The third-order valence-corrected chi connectivity index (χ3v) is 4.34. The second-order valence-corrected chi connectivity index (χ2v) is 5.99. The normalized spacial score (nSPS) is 18.4. The quantitative estimate of drug-likeness (QED) is 0.752. The van der Waals surface area contributed by atoms with Gasteiger partial charge in [-0.3, -0.25) is 0 Å². The van der Waals surface area contributed by atoms with Gasteiger partial charge < -0.3 is 14.5 Å². The summed E-state index contributed by atoms with van der Waals surface area (Å²) in [5, 5.41) is 18.2. The smallest absolute Gasteiger partial charge is 0.231 e. The van der Waals surface area contributed by atoms with Crippen LogP contribution < -0.4 is 4.90 Å². The average molecular weight is 329 g/mol. The molecule has 1 aliphatic rings. The van der Waals surface area contributed by atoms with Gasteiger partial charge in [-0.15, -0.1) is 0 Å². The van der Waals surface area contributed by atoms with Crippen LogP contribution in [0.15, 0.2) is 17.0 Å². The Balaban J connectivity index is 1.64. The highest BCUT2D eigenvalue weighted by Gasteiger charge is 2.27. The van der Waals surface area contributed by atoms with E-state index in [0.717, 1.165) is 42.8 Å². The van der Waals surface area contributed by atoms with E-state index in [0.29, 0.717) is 18.3 Å². The zero-order valence-corrected chi connectivity index (χ0v) is 13.5. The van der Waals surface area contributed by atoms with Gasteiger partial charge in [0, 0.05) is 13.1 Å². The van der Waals surface area contributed by atoms with E-state index < -0.39 is 0 Å². The van der Waals surface area contributed by atoms with E-state index in [1.807, 2.05) is 6.92 Å². The molecule has 0 spiro atoms. The maximum Gasteiger partial charge on any atom is 0.231 e. The van der Waals surface area contributed by atoms with Crippen molar-refractivity contribution in [1.82, 2.24) is 29.9 Å². The lowest BCUT2D eigenvalue weighted by Crippen LogP contribution is -2.35. The van der Waals surface area contributed by atoms with Crippen molar-refractivity contribution in [3.05, 3.63) is 24.2 Å². The number of aromatic nitrogens is 6. The molecule has 9 nitrogen and oxygen atoms in total. The Morgan fingerprint density at radius 3 is 3.08 bits per heavy atom. The number of nitrogens with zero attached hydrogens (tertiary/aromatic N) is 7. The van der Waals surface area contributed by atoms with Crippen LogP contribution in [0.25, 0.3) is 11.0 Å². The van der Waals surface area contributed by atoms with Gasteiger partial charge in [-0.1, -0.05) is 5.16 Å². The van der Waals surface area contributed by atoms with Crippen molar-refractivity contribution >= 4 is 16.9 Å².